The summed E-state index contributed by atoms with van der Waals surface area (Å²) >= 11 is 0. The topological polar surface area (TPSA) is 131 Å². The van der Waals surface area contributed by atoms with Gasteiger partial charge in [0, 0.05) is 6.54 Å². The predicted molar refractivity (Wildman–Crippen MR) is 116 cm³/mol. The van der Waals surface area contributed by atoms with Crippen LogP contribution in [0.4, 0.5) is 4.79 Å². The smallest absolute Gasteiger partial charge is 0.407 e. The molecular formula is C23H29N3O5. The Kier molecular flexibility index (Phi) is 10.0. The minimum absolute atomic E-state index is 0.175. The Morgan fingerprint density at radius 3 is 2.16 bits per heavy atom. The molecular weight excluding hydrogens is 398 g/mol. The van der Waals surface area contributed by atoms with Crippen molar-refractivity contribution in [2.45, 2.75) is 44.4 Å². The van der Waals surface area contributed by atoms with Gasteiger partial charge in [0.05, 0.1) is 6.04 Å². The molecule has 0 radical (unpaired) electrons. The normalized spacial score (nSPS) is 12.4. The number of benzene rings is 2. The van der Waals surface area contributed by atoms with E-state index < -0.39 is 30.1 Å². The van der Waals surface area contributed by atoms with Gasteiger partial charge in [-0.1, -0.05) is 60.7 Å². The number of carbonyl (C=O) groups is 3. The number of nitrogens with two attached hydrogens (primary N) is 1. The van der Waals surface area contributed by atoms with Crippen LogP contribution in [0.1, 0.15) is 30.4 Å². The summed E-state index contributed by atoms with van der Waals surface area (Å²) in [5.74, 6) is -1.62. The molecule has 2 aromatic carbocycles. The monoisotopic (exact) mass is 427 g/mol. The van der Waals surface area contributed by atoms with Gasteiger partial charge in [-0.15, -0.1) is 0 Å². The van der Waals surface area contributed by atoms with Crippen LogP contribution in [0.5, 0.6) is 0 Å². The third-order valence-electron chi connectivity index (χ3n) is 4.69. The number of alkyl carbamates (subject to hydrolysis) is 1. The van der Waals surface area contributed by atoms with Crippen molar-refractivity contribution in [3.63, 3.8) is 0 Å². The zero-order valence-corrected chi connectivity index (χ0v) is 17.3. The lowest BCUT2D eigenvalue weighted by Gasteiger charge is -2.18. The number of nitrogens with one attached hydrogen (secondary N) is 2. The highest BCUT2D eigenvalue weighted by Gasteiger charge is 2.23. The van der Waals surface area contributed by atoms with Crippen LogP contribution in [-0.2, 0) is 27.4 Å². The Hall–Kier alpha value is -3.39. The lowest BCUT2D eigenvalue weighted by atomic mass is 10.0. The molecule has 0 aliphatic rings. The number of carboxylic acid groups (broad SMARTS) is 1. The number of carboxylic acids is 1. The first kappa shape index (κ1) is 23.9. The summed E-state index contributed by atoms with van der Waals surface area (Å²) in [6, 6.07) is 16.9. The quantitative estimate of drug-likeness (QED) is 0.384. The molecule has 2 atom stereocenters. The third kappa shape index (κ3) is 9.31. The van der Waals surface area contributed by atoms with E-state index in [2.05, 4.69) is 10.6 Å². The molecule has 0 bridgehead atoms. The summed E-state index contributed by atoms with van der Waals surface area (Å²) in [5.41, 5.74) is 7.76. The number of carbonyl (C=O) groups excluding carboxylic acids is 2. The first-order chi connectivity index (χ1) is 15.0. The second kappa shape index (κ2) is 13.0. The number of aryl methyl sites for hydroxylation is 1. The fraction of sp³-hybridized carbons (Fsp3) is 0.348. The molecule has 31 heavy (non-hydrogen) atoms. The van der Waals surface area contributed by atoms with E-state index in [1.54, 1.807) is 0 Å². The Balaban J connectivity index is 1.64. The number of aliphatic carboxylic acids is 1. The maximum Gasteiger partial charge on any atom is 0.407 e. The van der Waals surface area contributed by atoms with Crippen LogP contribution in [-0.4, -0.2) is 41.7 Å². The van der Waals surface area contributed by atoms with E-state index in [9.17, 15) is 19.5 Å². The van der Waals surface area contributed by atoms with Gasteiger partial charge < -0.3 is 26.2 Å². The van der Waals surface area contributed by atoms with Crippen molar-refractivity contribution >= 4 is 18.0 Å². The fourth-order valence-electron chi connectivity index (χ4n) is 2.91. The van der Waals surface area contributed by atoms with Gasteiger partial charge in [0.2, 0.25) is 5.91 Å². The zero-order chi connectivity index (χ0) is 22.5. The molecule has 2 amide bonds. The molecule has 2 aromatic rings. The van der Waals surface area contributed by atoms with Crippen LogP contribution < -0.4 is 16.4 Å². The molecule has 0 saturated heterocycles. The number of ether oxygens (including phenoxy) is 1. The van der Waals surface area contributed by atoms with E-state index in [1.165, 1.54) is 0 Å². The van der Waals surface area contributed by atoms with Gasteiger partial charge in [0.15, 0.2) is 0 Å². The number of hydrogen-bond acceptors (Lipinski definition) is 5. The molecule has 0 aliphatic heterocycles. The summed E-state index contributed by atoms with van der Waals surface area (Å²) < 4.78 is 5.10. The second-order valence-corrected chi connectivity index (χ2v) is 7.16. The van der Waals surface area contributed by atoms with Crippen molar-refractivity contribution in [3.05, 3.63) is 71.8 Å². The molecule has 0 spiro atoms. The van der Waals surface area contributed by atoms with Crippen molar-refractivity contribution in [1.29, 1.82) is 0 Å². The minimum Gasteiger partial charge on any atom is -0.480 e. The van der Waals surface area contributed by atoms with Gasteiger partial charge in [-0.2, -0.15) is 0 Å². The lowest BCUT2D eigenvalue weighted by Crippen LogP contribution is -2.48. The van der Waals surface area contributed by atoms with Crippen molar-refractivity contribution in [2.75, 3.05) is 6.54 Å². The largest absolute Gasteiger partial charge is 0.480 e. The number of hydrogen-bond donors (Lipinski definition) is 4. The van der Waals surface area contributed by atoms with Gasteiger partial charge in [-0.25, -0.2) is 9.59 Å². The lowest BCUT2D eigenvalue weighted by molar-refractivity contribution is -0.142. The van der Waals surface area contributed by atoms with E-state index in [1.807, 2.05) is 60.7 Å². The fourth-order valence-corrected chi connectivity index (χ4v) is 2.91. The molecule has 8 heteroatoms. The third-order valence-corrected chi connectivity index (χ3v) is 4.69. The van der Waals surface area contributed by atoms with Crippen LogP contribution in [0.3, 0.4) is 0 Å². The second-order valence-electron chi connectivity index (χ2n) is 7.16. The highest BCUT2D eigenvalue weighted by molar-refractivity contribution is 5.86. The Morgan fingerprint density at radius 1 is 0.935 bits per heavy atom. The van der Waals surface area contributed by atoms with Gasteiger partial charge in [-0.05, 0) is 36.8 Å². The van der Waals surface area contributed by atoms with E-state index in [4.69, 9.17) is 10.5 Å². The van der Waals surface area contributed by atoms with Crippen LogP contribution >= 0.6 is 0 Å². The molecule has 2 rings (SSSR count). The van der Waals surface area contributed by atoms with Gasteiger partial charge >= 0.3 is 12.1 Å². The van der Waals surface area contributed by atoms with Crippen molar-refractivity contribution in [1.82, 2.24) is 10.6 Å². The van der Waals surface area contributed by atoms with Crippen molar-refractivity contribution < 1.29 is 24.2 Å². The maximum absolute atomic E-state index is 12.2. The summed E-state index contributed by atoms with van der Waals surface area (Å²) in [4.78, 5) is 35.4. The van der Waals surface area contributed by atoms with Crippen LogP contribution in [0.2, 0.25) is 0 Å². The van der Waals surface area contributed by atoms with E-state index in [0.29, 0.717) is 25.8 Å². The minimum atomic E-state index is -1.10. The van der Waals surface area contributed by atoms with Gasteiger partial charge in [0.25, 0.3) is 0 Å². The molecule has 0 heterocycles. The molecule has 0 unspecified atom stereocenters. The molecule has 166 valence electrons. The first-order valence-corrected chi connectivity index (χ1v) is 10.2. The molecule has 0 aliphatic carbocycles. The van der Waals surface area contributed by atoms with Crippen LogP contribution in [0, 0.1) is 0 Å². The molecule has 0 fully saturated rings. The van der Waals surface area contributed by atoms with Crippen LogP contribution in [0.25, 0.3) is 0 Å². The van der Waals surface area contributed by atoms with E-state index in [-0.39, 0.29) is 13.0 Å². The Bertz CT molecular complexity index is 830. The molecule has 0 aromatic heterocycles. The summed E-state index contributed by atoms with van der Waals surface area (Å²) in [5, 5.41) is 14.5. The predicted octanol–water partition coefficient (Wildman–Crippen LogP) is 2.22. The van der Waals surface area contributed by atoms with Gasteiger partial charge in [0.1, 0.15) is 12.6 Å². The highest BCUT2D eigenvalue weighted by atomic mass is 16.5. The number of amides is 2. The maximum atomic E-state index is 12.2. The van der Waals surface area contributed by atoms with Crippen molar-refractivity contribution in [2.24, 2.45) is 5.73 Å². The van der Waals surface area contributed by atoms with Gasteiger partial charge in [-0.3, -0.25) is 4.79 Å². The zero-order valence-electron chi connectivity index (χ0n) is 17.3. The average Bonchev–Trinajstić information content (AvgIpc) is 2.79. The van der Waals surface area contributed by atoms with E-state index in [0.717, 1.165) is 11.1 Å². The van der Waals surface area contributed by atoms with Crippen molar-refractivity contribution in [3.8, 4) is 0 Å². The number of rotatable bonds is 12. The first-order valence-electron chi connectivity index (χ1n) is 10.2. The average molecular weight is 428 g/mol. The standard InChI is InChI=1S/C23H29N3O5/c24-19(12-7-15-25-23(30)31-16-18-10-5-2-6-11-18)21(27)26-20(22(28)29)14-13-17-8-3-1-4-9-17/h1-6,8-11,19-20H,7,12-16,24H2,(H,25,30)(H,26,27)(H,28,29)/t19-,20+/m0/s1. The van der Waals surface area contributed by atoms with E-state index >= 15 is 0 Å². The molecule has 0 saturated carbocycles. The Labute approximate surface area is 181 Å². The summed E-state index contributed by atoms with van der Waals surface area (Å²) in [7, 11) is 0. The highest BCUT2D eigenvalue weighted by Crippen LogP contribution is 2.06. The molecule has 5 N–H and O–H groups in total. The summed E-state index contributed by atoms with van der Waals surface area (Å²) in [6.45, 7) is 0.471. The SMILES string of the molecule is N[C@@H](CCCNC(=O)OCc1ccccc1)C(=O)N[C@H](CCc1ccccc1)C(=O)O. The molecule has 8 nitrogen and oxygen atoms in total. The Morgan fingerprint density at radius 2 is 1.55 bits per heavy atom. The summed E-state index contributed by atoms with van der Waals surface area (Å²) in [6.07, 6.45) is 1.01. The van der Waals surface area contributed by atoms with Crippen LogP contribution in [0.15, 0.2) is 60.7 Å².